The number of piperidine rings is 1. The van der Waals surface area contributed by atoms with Gasteiger partial charge in [-0.05, 0) is 50.9 Å². The number of guanidine groups is 1. The molecule has 0 spiro atoms. The average molecular weight is 303 g/mol. The van der Waals surface area contributed by atoms with Crippen molar-refractivity contribution >= 4 is 5.96 Å². The fraction of sp³-hybridized carbons (Fsp3) is 0.647. The van der Waals surface area contributed by atoms with Gasteiger partial charge in [0.25, 0.3) is 0 Å². The van der Waals surface area contributed by atoms with Crippen LogP contribution in [0, 0.1) is 0 Å². The highest BCUT2D eigenvalue weighted by atomic mass is 15.2. The number of nitrogens with zero attached hydrogens (tertiary/aromatic N) is 3. The Kier molecular flexibility index (Phi) is 7.74. The van der Waals surface area contributed by atoms with Crippen molar-refractivity contribution in [2.75, 3.05) is 39.3 Å². The van der Waals surface area contributed by atoms with Gasteiger partial charge in [-0.2, -0.15) is 0 Å². The SMILES string of the molecule is CCNC(=NCCN1CCCCC1)NCCc1cccnc1. The van der Waals surface area contributed by atoms with E-state index in [1.807, 2.05) is 18.5 Å². The third kappa shape index (κ3) is 6.43. The third-order valence-corrected chi connectivity index (χ3v) is 3.91. The minimum Gasteiger partial charge on any atom is -0.357 e. The van der Waals surface area contributed by atoms with Crippen molar-refractivity contribution < 1.29 is 0 Å². The third-order valence-electron chi connectivity index (χ3n) is 3.91. The summed E-state index contributed by atoms with van der Waals surface area (Å²) in [5.41, 5.74) is 1.25. The fourth-order valence-corrected chi connectivity index (χ4v) is 2.70. The van der Waals surface area contributed by atoms with Crippen molar-refractivity contribution in [3.05, 3.63) is 30.1 Å². The average Bonchev–Trinajstić information content (AvgIpc) is 2.57. The first-order valence-electron chi connectivity index (χ1n) is 8.52. The van der Waals surface area contributed by atoms with E-state index in [1.54, 1.807) is 0 Å². The molecule has 0 saturated carbocycles. The van der Waals surface area contributed by atoms with Crippen molar-refractivity contribution in [1.29, 1.82) is 0 Å². The van der Waals surface area contributed by atoms with Crippen molar-refractivity contribution in [3.8, 4) is 0 Å². The summed E-state index contributed by atoms with van der Waals surface area (Å²) in [7, 11) is 0. The molecule has 0 atom stereocenters. The highest BCUT2D eigenvalue weighted by Gasteiger charge is 2.08. The van der Waals surface area contributed by atoms with E-state index in [0.29, 0.717) is 0 Å². The molecule has 0 radical (unpaired) electrons. The molecule has 1 aliphatic heterocycles. The number of hydrogen-bond acceptors (Lipinski definition) is 3. The second kappa shape index (κ2) is 10.2. The molecule has 0 unspecified atom stereocenters. The molecular formula is C17H29N5. The lowest BCUT2D eigenvalue weighted by molar-refractivity contribution is 0.235. The van der Waals surface area contributed by atoms with E-state index in [9.17, 15) is 0 Å². The summed E-state index contributed by atoms with van der Waals surface area (Å²) in [6.45, 7) is 8.27. The standard InChI is InChI=1S/C17H29N5/c1-2-19-17(20-10-8-16-7-6-9-18-15-16)21-11-14-22-12-4-3-5-13-22/h6-7,9,15H,2-5,8,10-14H2,1H3,(H2,19,20,21). The predicted octanol–water partition coefficient (Wildman–Crippen LogP) is 1.67. The number of hydrogen-bond donors (Lipinski definition) is 2. The maximum absolute atomic E-state index is 4.68. The van der Waals surface area contributed by atoms with Gasteiger partial charge < -0.3 is 15.5 Å². The Morgan fingerprint density at radius 1 is 1.27 bits per heavy atom. The van der Waals surface area contributed by atoms with Crippen LogP contribution in [0.4, 0.5) is 0 Å². The normalized spacial score (nSPS) is 16.5. The van der Waals surface area contributed by atoms with E-state index >= 15 is 0 Å². The smallest absolute Gasteiger partial charge is 0.191 e. The number of nitrogens with one attached hydrogen (secondary N) is 2. The first kappa shape index (κ1) is 16.7. The van der Waals surface area contributed by atoms with Gasteiger partial charge >= 0.3 is 0 Å². The molecule has 1 saturated heterocycles. The highest BCUT2D eigenvalue weighted by Crippen LogP contribution is 2.07. The van der Waals surface area contributed by atoms with Crippen LogP contribution in [0.3, 0.4) is 0 Å². The molecule has 1 aromatic heterocycles. The molecule has 0 aliphatic carbocycles. The van der Waals surface area contributed by atoms with E-state index in [2.05, 4.69) is 38.5 Å². The van der Waals surface area contributed by atoms with Crippen molar-refractivity contribution in [1.82, 2.24) is 20.5 Å². The van der Waals surface area contributed by atoms with Crippen LogP contribution in [0.25, 0.3) is 0 Å². The molecule has 0 amide bonds. The topological polar surface area (TPSA) is 52.6 Å². The highest BCUT2D eigenvalue weighted by molar-refractivity contribution is 5.79. The Balaban J connectivity index is 1.69. The Morgan fingerprint density at radius 2 is 2.14 bits per heavy atom. The molecule has 2 heterocycles. The molecule has 0 aromatic carbocycles. The Bertz CT molecular complexity index is 426. The van der Waals surface area contributed by atoms with E-state index in [-0.39, 0.29) is 0 Å². The summed E-state index contributed by atoms with van der Waals surface area (Å²) < 4.78 is 0. The zero-order chi connectivity index (χ0) is 15.5. The maximum atomic E-state index is 4.68. The molecule has 0 bridgehead atoms. The molecule has 5 heteroatoms. The van der Waals surface area contributed by atoms with Crippen LogP contribution in [-0.2, 0) is 6.42 Å². The molecule has 2 rings (SSSR count). The summed E-state index contributed by atoms with van der Waals surface area (Å²) in [6, 6.07) is 4.09. The van der Waals surface area contributed by atoms with E-state index in [4.69, 9.17) is 0 Å². The molecule has 1 fully saturated rings. The number of pyridine rings is 1. The van der Waals surface area contributed by atoms with Gasteiger partial charge in [0.05, 0.1) is 6.54 Å². The van der Waals surface area contributed by atoms with Gasteiger partial charge in [-0.1, -0.05) is 12.5 Å². The zero-order valence-corrected chi connectivity index (χ0v) is 13.7. The molecule has 1 aromatic rings. The lowest BCUT2D eigenvalue weighted by atomic mass is 10.1. The van der Waals surface area contributed by atoms with Crippen LogP contribution in [0.2, 0.25) is 0 Å². The fourth-order valence-electron chi connectivity index (χ4n) is 2.70. The van der Waals surface area contributed by atoms with Gasteiger partial charge in [0.15, 0.2) is 5.96 Å². The Morgan fingerprint density at radius 3 is 2.86 bits per heavy atom. The van der Waals surface area contributed by atoms with Gasteiger partial charge in [0, 0.05) is 32.0 Å². The monoisotopic (exact) mass is 303 g/mol. The molecule has 122 valence electrons. The lowest BCUT2D eigenvalue weighted by Gasteiger charge is -2.25. The quantitative estimate of drug-likeness (QED) is 0.594. The number of likely N-dealkylation sites (tertiary alicyclic amines) is 1. The van der Waals surface area contributed by atoms with Gasteiger partial charge in [-0.25, -0.2) is 0 Å². The predicted molar refractivity (Wildman–Crippen MR) is 92.2 cm³/mol. The van der Waals surface area contributed by atoms with Gasteiger partial charge in [0.2, 0.25) is 0 Å². The van der Waals surface area contributed by atoms with Crippen LogP contribution in [0.1, 0.15) is 31.7 Å². The van der Waals surface area contributed by atoms with Crippen LogP contribution >= 0.6 is 0 Å². The second-order valence-corrected chi connectivity index (χ2v) is 5.70. The van der Waals surface area contributed by atoms with E-state index < -0.39 is 0 Å². The number of rotatable bonds is 7. The van der Waals surface area contributed by atoms with Gasteiger partial charge in [0.1, 0.15) is 0 Å². The van der Waals surface area contributed by atoms with Crippen LogP contribution in [0.15, 0.2) is 29.5 Å². The van der Waals surface area contributed by atoms with E-state index in [0.717, 1.165) is 38.6 Å². The van der Waals surface area contributed by atoms with Crippen molar-refractivity contribution in [3.63, 3.8) is 0 Å². The largest absolute Gasteiger partial charge is 0.357 e. The van der Waals surface area contributed by atoms with Crippen molar-refractivity contribution in [2.45, 2.75) is 32.6 Å². The minimum atomic E-state index is 0.863. The summed E-state index contributed by atoms with van der Waals surface area (Å²) in [6.07, 6.45) is 8.76. The van der Waals surface area contributed by atoms with Gasteiger partial charge in [-0.3, -0.25) is 9.98 Å². The Hall–Kier alpha value is -1.62. The lowest BCUT2D eigenvalue weighted by Crippen LogP contribution is -2.39. The second-order valence-electron chi connectivity index (χ2n) is 5.70. The summed E-state index contributed by atoms with van der Waals surface area (Å²) in [5.74, 6) is 0.920. The molecular weight excluding hydrogens is 274 g/mol. The van der Waals surface area contributed by atoms with Crippen LogP contribution < -0.4 is 10.6 Å². The first-order valence-corrected chi connectivity index (χ1v) is 8.52. The first-order chi connectivity index (χ1) is 10.9. The molecule has 22 heavy (non-hydrogen) atoms. The zero-order valence-electron chi connectivity index (χ0n) is 13.7. The maximum Gasteiger partial charge on any atom is 0.191 e. The molecule has 5 nitrogen and oxygen atoms in total. The molecule has 1 aliphatic rings. The Labute approximate surface area is 134 Å². The minimum absolute atomic E-state index is 0.863. The van der Waals surface area contributed by atoms with Crippen LogP contribution in [-0.4, -0.2) is 55.1 Å². The van der Waals surface area contributed by atoms with E-state index in [1.165, 1.54) is 37.9 Å². The van der Waals surface area contributed by atoms with Crippen LogP contribution in [0.5, 0.6) is 0 Å². The van der Waals surface area contributed by atoms with Crippen molar-refractivity contribution in [2.24, 2.45) is 4.99 Å². The summed E-state index contributed by atoms with van der Waals surface area (Å²) in [5, 5.41) is 6.71. The number of aromatic nitrogens is 1. The summed E-state index contributed by atoms with van der Waals surface area (Å²) >= 11 is 0. The summed E-state index contributed by atoms with van der Waals surface area (Å²) in [4.78, 5) is 11.3. The number of aliphatic imine (C=N–C) groups is 1. The molecule has 2 N–H and O–H groups in total. The van der Waals surface area contributed by atoms with Gasteiger partial charge in [-0.15, -0.1) is 0 Å².